The van der Waals surface area contributed by atoms with Crippen LogP contribution in [0.25, 0.3) is 0 Å². The lowest BCUT2D eigenvalue weighted by Crippen LogP contribution is -2.42. The monoisotopic (exact) mass is 186 g/mol. The van der Waals surface area contributed by atoms with Gasteiger partial charge in [0.05, 0.1) is 0 Å². The maximum absolute atomic E-state index is 12.9. The predicted molar refractivity (Wildman–Crippen MR) is 53.1 cm³/mol. The van der Waals surface area contributed by atoms with E-state index in [4.69, 9.17) is 5.73 Å². The number of halogens is 1. The molecule has 0 aromatic rings. The van der Waals surface area contributed by atoms with Gasteiger partial charge in [-0.05, 0) is 12.3 Å². The first-order valence-electron chi connectivity index (χ1n) is 4.92. The standard InChI is InChI=1S/C10H19FN2/c1-8(2)10(12)7-13-5-3-4-9(11)6-13/h4,8,10H,3,5-7,12H2,1-2H3. The summed E-state index contributed by atoms with van der Waals surface area (Å²) in [6.07, 6.45) is 2.48. The second-order valence-corrected chi connectivity index (χ2v) is 4.08. The Morgan fingerprint density at radius 2 is 2.31 bits per heavy atom. The van der Waals surface area contributed by atoms with Crippen LogP contribution in [0.5, 0.6) is 0 Å². The van der Waals surface area contributed by atoms with E-state index in [0.717, 1.165) is 19.5 Å². The molecule has 2 nitrogen and oxygen atoms in total. The van der Waals surface area contributed by atoms with E-state index in [-0.39, 0.29) is 11.9 Å². The lowest BCUT2D eigenvalue weighted by molar-refractivity contribution is 0.234. The van der Waals surface area contributed by atoms with Crippen molar-refractivity contribution in [3.8, 4) is 0 Å². The van der Waals surface area contributed by atoms with Crippen LogP contribution in [0.3, 0.4) is 0 Å². The highest BCUT2D eigenvalue weighted by Crippen LogP contribution is 2.11. The van der Waals surface area contributed by atoms with Crippen LogP contribution in [0.1, 0.15) is 20.3 Å². The van der Waals surface area contributed by atoms with E-state index in [1.54, 1.807) is 6.08 Å². The molecule has 2 N–H and O–H groups in total. The summed E-state index contributed by atoms with van der Waals surface area (Å²) in [5.74, 6) is 0.455. The summed E-state index contributed by atoms with van der Waals surface area (Å²) in [6.45, 7) is 6.38. The second-order valence-electron chi connectivity index (χ2n) is 4.08. The largest absolute Gasteiger partial charge is 0.326 e. The first-order chi connectivity index (χ1) is 6.09. The summed E-state index contributed by atoms with van der Waals surface area (Å²) < 4.78 is 12.9. The number of nitrogens with two attached hydrogens (primary N) is 1. The average Bonchev–Trinajstić information content (AvgIpc) is 2.04. The first-order valence-corrected chi connectivity index (χ1v) is 4.92. The van der Waals surface area contributed by atoms with Crippen molar-refractivity contribution in [3.63, 3.8) is 0 Å². The molecule has 3 heteroatoms. The third-order valence-electron chi connectivity index (χ3n) is 2.51. The van der Waals surface area contributed by atoms with Crippen molar-refractivity contribution in [1.82, 2.24) is 4.90 Å². The maximum Gasteiger partial charge on any atom is 0.110 e. The van der Waals surface area contributed by atoms with Gasteiger partial charge in [0.2, 0.25) is 0 Å². The molecular formula is C10H19FN2. The molecular weight excluding hydrogens is 167 g/mol. The summed E-state index contributed by atoms with van der Waals surface area (Å²) in [5, 5.41) is 0. The number of hydrogen-bond acceptors (Lipinski definition) is 2. The lowest BCUT2D eigenvalue weighted by Gasteiger charge is -2.28. The van der Waals surface area contributed by atoms with Crippen molar-refractivity contribution in [2.45, 2.75) is 26.3 Å². The average molecular weight is 186 g/mol. The smallest absolute Gasteiger partial charge is 0.110 e. The molecule has 1 aliphatic rings. The predicted octanol–water partition coefficient (Wildman–Crippen LogP) is 1.53. The molecule has 1 aliphatic heterocycles. The molecule has 1 atom stereocenters. The Hall–Kier alpha value is -0.410. The second kappa shape index (κ2) is 4.72. The van der Waals surface area contributed by atoms with Crippen molar-refractivity contribution < 1.29 is 4.39 Å². The van der Waals surface area contributed by atoms with Crippen molar-refractivity contribution >= 4 is 0 Å². The Kier molecular flexibility index (Phi) is 3.88. The molecule has 1 unspecified atom stereocenters. The van der Waals surface area contributed by atoms with Crippen LogP contribution in [0.4, 0.5) is 4.39 Å². The fourth-order valence-electron chi connectivity index (χ4n) is 1.43. The fraction of sp³-hybridized carbons (Fsp3) is 0.800. The molecule has 0 aromatic carbocycles. The number of hydrogen-bond donors (Lipinski definition) is 1. The Morgan fingerprint density at radius 3 is 2.85 bits per heavy atom. The van der Waals surface area contributed by atoms with Gasteiger partial charge in [0.15, 0.2) is 0 Å². The number of rotatable bonds is 3. The summed E-state index contributed by atoms with van der Waals surface area (Å²) in [5.41, 5.74) is 5.91. The minimum Gasteiger partial charge on any atom is -0.326 e. The maximum atomic E-state index is 12.9. The van der Waals surface area contributed by atoms with Gasteiger partial charge < -0.3 is 5.73 Å². The van der Waals surface area contributed by atoms with E-state index in [1.165, 1.54) is 0 Å². The Balaban J connectivity index is 2.34. The summed E-state index contributed by atoms with van der Waals surface area (Å²) >= 11 is 0. The molecule has 0 radical (unpaired) electrons. The van der Waals surface area contributed by atoms with Crippen molar-refractivity contribution in [1.29, 1.82) is 0 Å². The van der Waals surface area contributed by atoms with Gasteiger partial charge in [-0.3, -0.25) is 4.90 Å². The van der Waals surface area contributed by atoms with Gasteiger partial charge in [-0.1, -0.05) is 19.9 Å². The molecule has 1 rings (SSSR count). The van der Waals surface area contributed by atoms with E-state index >= 15 is 0 Å². The minimum atomic E-state index is -0.0118. The SMILES string of the molecule is CC(C)C(N)CN1CCC=C(F)C1. The molecule has 0 fully saturated rings. The summed E-state index contributed by atoms with van der Waals surface area (Å²) in [7, 11) is 0. The topological polar surface area (TPSA) is 29.3 Å². The summed E-state index contributed by atoms with van der Waals surface area (Å²) in [4.78, 5) is 2.08. The normalized spacial score (nSPS) is 21.8. The highest BCUT2D eigenvalue weighted by atomic mass is 19.1. The van der Waals surface area contributed by atoms with Gasteiger partial charge in [0.1, 0.15) is 5.83 Å². The third-order valence-corrected chi connectivity index (χ3v) is 2.51. The highest BCUT2D eigenvalue weighted by molar-refractivity contribution is 4.99. The highest BCUT2D eigenvalue weighted by Gasteiger charge is 2.16. The zero-order chi connectivity index (χ0) is 9.84. The fourth-order valence-corrected chi connectivity index (χ4v) is 1.43. The Bertz CT molecular complexity index is 189. The van der Waals surface area contributed by atoms with Crippen molar-refractivity contribution in [2.24, 2.45) is 11.7 Å². The zero-order valence-corrected chi connectivity index (χ0v) is 8.46. The van der Waals surface area contributed by atoms with Crippen LogP contribution in [0, 0.1) is 5.92 Å². The lowest BCUT2D eigenvalue weighted by atomic mass is 10.0. The number of nitrogens with zero attached hydrogens (tertiary/aromatic N) is 1. The molecule has 0 aliphatic carbocycles. The van der Waals surface area contributed by atoms with Gasteiger partial charge in [-0.2, -0.15) is 0 Å². The molecule has 76 valence electrons. The molecule has 1 heterocycles. The van der Waals surface area contributed by atoms with Gasteiger partial charge in [-0.25, -0.2) is 4.39 Å². The van der Waals surface area contributed by atoms with E-state index in [1.807, 2.05) is 0 Å². The van der Waals surface area contributed by atoms with Gasteiger partial charge >= 0.3 is 0 Å². The van der Waals surface area contributed by atoms with Crippen molar-refractivity contribution in [2.75, 3.05) is 19.6 Å². The Morgan fingerprint density at radius 1 is 1.62 bits per heavy atom. The van der Waals surface area contributed by atoms with E-state index in [9.17, 15) is 4.39 Å². The van der Waals surface area contributed by atoms with Crippen LogP contribution in [-0.4, -0.2) is 30.6 Å². The van der Waals surface area contributed by atoms with Gasteiger partial charge in [-0.15, -0.1) is 0 Å². The molecule has 0 saturated carbocycles. The molecule has 0 aromatic heterocycles. The van der Waals surface area contributed by atoms with E-state index in [0.29, 0.717) is 12.5 Å². The minimum absolute atomic E-state index is 0.0118. The third kappa shape index (κ3) is 3.44. The van der Waals surface area contributed by atoms with Gasteiger partial charge in [0.25, 0.3) is 0 Å². The van der Waals surface area contributed by atoms with E-state index in [2.05, 4.69) is 18.7 Å². The van der Waals surface area contributed by atoms with Crippen LogP contribution in [0.2, 0.25) is 0 Å². The van der Waals surface area contributed by atoms with Gasteiger partial charge in [0, 0.05) is 25.7 Å². The van der Waals surface area contributed by atoms with Crippen LogP contribution in [0.15, 0.2) is 11.9 Å². The zero-order valence-electron chi connectivity index (χ0n) is 8.46. The van der Waals surface area contributed by atoms with Crippen LogP contribution < -0.4 is 5.73 Å². The van der Waals surface area contributed by atoms with Crippen molar-refractivity contribution in [3.05, 3.63) is 11.9 Å². The van der Waals surface area contributed by atoms with E-state index < -0.39 is 0 Å². The molecule has 0 saturated heterocycles. The summed E-state index contributed by atoms with van der Waals surface area (Å²) in [6, 6.07) is 0.158. The molecule has 13 heavy (non-hydrogen) atoms. The molecule has 0 amide bonds. The molecule has 0 bridgehead atoms. The quantitative estimate of drug-likeness (QED) is 0.724. The van der Waals surface area contributed by atoms with Crippen LogP contribution >= 0.6 is 0 Å². The molecule has 0 spiro atoms. The first kappa shape index (κ1) is 10.7. The Labute approximate surface area is 79.6 Å². The van der Waals surface area contributed by atoms with Crippen LogP contribution in [-0.2, 0) is 0 Å².